The van der Waals surface area contributed by atoms with Crippen molar-refractivity contribution in [1.82, 2.24) is 68.3 Å². The molecule has 0 aliphatic carbocycles. The van der Waals surface area contributed by atoms with Gasteiger partial charge in [-0.1, -0.05) is 74.5 Å². The molecule has 37 heteroatoms. The Morgan fingerprint density at radius 2 is 1.02 bits per heavy atom. The summed E-state index contributed by atoms with van der Waals surface area (Å²) in [7, 11) is 0. The number of thioether (sulfide) groups is 1. The Hall–Kier alpha value is -10.9. The summed E-state index contributed by atoms with van der Waals surface area (Å²) in [5, 5.41) is 38.6. The second kappa shape index (κ2) is 49.9. The lowest BCUT2D eigenvalue weighted by Crippen LogP contribution is -2.60. The SMILES string of the molecule is [C-]#[N+]CCCC(=O)NCCCC[C@H](NC(=O)[C@@H]1CCCN1C(=O)[C@H](CCCN=C(N)N)NC(=O)CCCNC=O)C(=O)N1CCC[C@H]1C(=O)N[C@@H](CCC(N)=O)C(=O)N[C@@H](CCC(N)=O)C(=O)N[C@@H](Cc1ccccc1)C(=O)N[C@@H](Cc1ccccc1)C(=O)NCC(=O)N[C@@H](CC(C)C)C(=O)N[C@@H](CCSC)C(=O)O. The second-order valence-corrected chi connectivity index (χ2v) is 28.3. The number of guanidine groups is 1. The van der Waals surface area contributed by atoms with Crippen LogP contribution in [0.25, 0.3) is 4.85 Å². The summed E-state index contributed by atoms with van der Waals surface area (Å²) in [6.45, 7) is 10.6. The van der Waals surface area contributed by atoms with Gasteiger partial charge < -0.3 is 101 Å². The van der Waals surface area contributed by atoms with Crippen molar-refractivity contribution in [2.75, 3.05) is 57.8 Å². The minimum absolute atomic E-state index is 0.0251. The lowest BCUT2D eigenvalue weighted by molar-refractivity contribution is -0.144. The van der Waals surface area contributed by atoms with Crippen LogP contribution in [0.4, 0.5) is 0 Å². The Labute approximate surface area is 644 Å². The molecule has 2 fully saturated rings. The second-order valence-electron chi connectivity index (χ2n) is 27.3. The first-order valence-corrected chi connectivity index (χ1v) is 38.4. The number of carbonyl (C=O) groups is 16. The van der Waals surface area contributed by atoms with Gasteiger partial charge in [-0.25, -0.2) is 11.4 Å². The first kappa shape index (κ1) is 91.5. The topological polar surface area (TPSA) is 553 Å². The van der Waals surface area contributed by atoms with Crippen LogP contribution in [0.2, 0.25) is 0 Å². The summed E-state index contributed by atoms with van der Waals surface area (Å²) < 4.78 is 0. The van der Waals surface area contributed by atoms with Gasteiger partial charge in [0.15, 0.2) is 5.96 Å². The fourth-order valence-corrected chi connectivity index (χ4v) is 12.9. The molecule has 2 aromatic rings. The summed E-state index contributed by atoms with van der Waals surface area (Å²) in [5.74, 6) is -12.2. The molecule has 36 nitrogen and oxygen atoms in total. The normalized spacial score (nSPS) is 15.8. The molecule has 2 heterocycles. The third kappa shape index (κ3) is 34.1. The van der Waals surface area contributed by atoms with Crippen LogP contribution in [-0.2, 0) is 89.6 Å². The molecule has 0 bridgehead atoms. The van der Waals surface area contributed by atoms with Crippen molar-refractivity contribution in [2.24, 2.45) is 33.8 Å². The molecule has 10 atom stereocenters. The van der Waals surface area contributed by atoms with E-state index in [1.54, 1.807) is 80.8 Å². The summed E-state index contributed by atoms with van der Waals surface area (Å²) in [4.78, 5) is 227. The number of hydrogen-bond donors (Lipinski definition) is 16. The maximum atomic E-state index is 15.0. The van der Waals surface area contributed by atoms with E-state index >= 15 is 4.79 Å². The van der Waals surface area contributed by atoms with E-state index in [0.717, 1.165) is 0 Å². The van der Waals surface area contributed by atoms with Crippen LogP contribution < -0.4 is 81.4 Å². The van der Waals surface area contributed by atoms with E-state index in [9.17, 15) is 77.0 Å². The van der Waals surface area contributed by atoms with Crippen molar-refractivity contribution in [3.05, 3.63) is 83.2 Å². The Bertz CT molecular complexity index is 3510. The van der Waals surface area contributed by atoms with Crippen molar-refractivity contribution >= 4 is 113 Å². The number of nitrogens with one attached hydrogen (secondary N) is 11. The Morgan fingerprint density at radius 1 is 0.536 bits per heavy atom. The molecular weight excluding hydrogens is 1450 g/mol. The minimum Gasteiger partial charge on any atom is -0.480 e. The largest absolute Gasteiger partial charge is 0.480 e. The monoisotopic (exact) mass is 1560 g/mol. The number of rotatable bonds is 52. The van der Waals surface area contributed by atoms with Gasteiger partial charge >= 0.3 is 5.97 Å². The van der Waals surface area contributed by atoms with Crippen molar-refractivity contribution in [2.45, 2.75) is 209 Å². The first-order chi connectivity index (χ1) is 52.5. The zero-order valence-electron chi connectivity index (χ0n) is 62.7. The highest BCUT2D eigenvalue weighted by Crippen LogP contribution is 2.24. The van der Waals surface area contributed by atoms with Crippen LogP contribution in [0.1, 0.15) is 147 Å². The summed E-state index contributed by atoms with van der Waals surface area (Å²) in [6, 6.07) is 3.07. The van der Waals surface area contributed by atoms with E-state index in [4.69, 9.17) is 29.5 Å². The number of amides is 15. The fourth-order valence-electron chi connectivity index (χ4n) is 12.4. The van der Waals surface area contributed by atoms with Gasteiger partial charge in [0.1, 0.15) is 60.4 Å². The smallest absolute Gasteiger partial charge is 0.326 e. The first-order valence-electron chi connectivity index (χ1n) is 37.0. The number of unbranched alkanes of at least 4 members (excludes halogenated alkanes) is 1. The van der Waals surface area contributed by atoms with Crippen LogP contribution in [0.3, 0.4) is 0 Å². The zero-order valence-corrected chi connectivity index (χ0v) is 63.5. The van der Waals surface area contributed by atoms with Gasteiger partial charge in [-0.15, -0.1) is 0 Å². The number of aliphatic carboxylic acids is 1. The molecule has 2 aliphatic heterocycles. The van der Waals surface area contributed by atoms with Crippen LogP contribution in [0.5, 0.6) is 0 Å². The number of aliphatic imine (C=N–C) groups is 1. The van der Waals surface area contributed by atoms with E-state index in [1.807, 2.05) is 0 Å². The number of primary amides is 2. The molecule has 15 amide bonds. The van der Waals surface area contributed by atoms with E-state index in [0.29, 0.717) is 42.6 Å². The number of carboxylic acids is 1. The van der Waals surface area contributed by atoms with E-state index in [2.05, 4.69) is 68.3 Å². The molecule has 4 rings (SSSR count). The highest BCUT2D eigenvalue weighted by Gasteiger charge is 2.43. The minimum atomic E-state index is -1.70. The van der Waals surface area contributed by atoms with Gasteiger partial charge in [0, 0.05) is 77.7 Å². The van der Waals surface area contributed by atoms with Crippen LogP contribution in [0.15, 0.2) is 65.7 Å². The molecule has 2 aromatic carbocycles. The van der Waals surface area contributed by atoms with Crippen LogP contribution >= 0.6 is 11.8 Å². The molecule has 2 aliphatic rings. The third-order valence-electron chi connectivity index (χ3n) is 18.1. The molecule has 0 spiro atoms. The number of nitrogens with zero attached hydrogens (tertiary/aromatic N) is 4. The van der Waals surface area contributed by atoms with Crippen molar-refractivity contribution < 1.29 is 81.8 Å². The number of carboxylic acid groups (broad SMARTS) is 1. The quantitative estimate of drug-likeness (QED) is 0.0106. The third-order valence-corrected chi connectivity index (χ3v) is 18.7. The predicted molar refractivity (Wildman–Crippen MR) is 406 cm³/mol. The van der Waals surface area contributed by atoms with Crippen molar-refractivity contribution in [3.8, 4) is 0 Å². The molecule has 0 unspecified atom stereocenters. The Balaban J connectivity index is 1.62. The predicted octanol–water partition coefficient (Wildman–Crippen LogP) is -2.57. The molecule has 0 aromatic heterocycles. The standard InChI is InChI=1S/C73H109N19O17S/c1-45(2)40-53(66(102)88-52(72(108)109)32-39-110-4)84-62(98)43-82-63(99)54(41-46-18-7-5-8-19-46)89-67(103)55(42-47-20-9-6-10-21-47)90-65(101)48(28-30-58(74)94)85-64(100)49(29-31-59(75)95)86-68(104)56-24-16-38-92(56)71(107)51(22-11-12-35-80-60(96)26-14-33-78-3)87-69(105)57-25-17-37-91(57)70(106)50(23-13-36-81-73(76)77)83-61(97)27-15-34-79-44-93/h5-10,18-21,44-45,48-57H,11-17,22-43H2,1-2,4H3,(H2,74,94)(H2,75,95)(H,79,93)(H,80,96)(H,82,99)(H,83,97)(H,84,98)(H,85,100)(H,86,104)(H,87,105)(H,88,102)(H,89,103)(H,90,101)(H,108,109)(H4,76,77,81)/t48-,49-,50-,51-,52-,53-,54-,55-,56-,57-/m0/s1. The van der Waals surface area contributed by atoms with Crippen LogP contribution in [-0.4, -0.2) is 234 Å². The van der Waals surface area contributed by atoms with Gasteiger partial charge in [-0.05, 0) is 119 Å². The number of nitrogens with two attached hydrogens (primary N) is 4. The maximum absolute atomic E-state index is 15.0. The fraction of sp³-hybridized carbons (Fsp3) is 0.589. The summed E-state index contributed by atoms with van der Waals surface area (Å²) >= 11 is 1.39. The molecule has 110 heavy (non-hydrogen) atoms. The average Bonchev–Trinajstić information content (AvgIpc) is 1.63. The van der Waals surface area contributed by atoms with Gasteiger partial charge in [-0.2, -0.15) is 11.8 Å². The highest BCUT2D eigenvalue weighted by molar-refractivity contribution is 7.98. The van der Waals surface area contributed by atoms with Crippen molar-refractivity contribution in [1.29, 1.82) is 0 Å². The molecule has 20 N–H and O–H groups in total. The highest BCUT2D eigenvalue weighted by atomic mass is 32.2. The molecule has 604 valence electrons. The molecule has 0 saturated carbocycles. The van der Waals surface area contributed by atoms with Gasteiger partial charge in [-0.3, -0.25) is 76.9 Å². The molecular formula is C73H109N19O17S. The number of carbonyl (C=O) groups excluding carboxylic acids is 15. The average molecular weight is 1560 g/mol. The number of benzene rings is 2. The van der Waals surface area contributed by atoms with Crippen LogP contribution in [0, 0.1) is 12.5 Å². The van der Waals surface area contributed by atoms with Gasteiger partial charge in [0.25, 0.3) is 0 Å². The summed E-state index contributed by atoms with van der Waals surface area (Å²) in [5.41, 5.74) is 23.3. The summed E-state index contributed by atoms with van der Waals surface area (Å²) in [6.07, 6.45) is 2.47. The lowest BCUT2D eigenvalue weighted by Gasteiger charge is -2.32. The molecule has 0 radical (unpaired) electrons. The van der Waals surface area contributed by atoms with Gasteiger partial charge in [0.2, 0.25) is 95.7 Å². The Morgan fingerprint density at radius 3 is 1.54 bits per heavy atom. The van der Waals surface area contributed by atoms with E-state index in [-0.39, 0.29) is 147 Å². The number of hydrogen-bond acceptors (Lipinski definition) is 18. The zero-order chi connectivity index (χ0) is 81.1. The Kier molecular flexibility index (Phi) is 41.5. The molecule has 2 saturated heterocycles. The lowest BCUT2D eigenvalue weighted by atomic mass is 10.0. The van der Waals surface area contributed by atoms with E-state index < -0.39 is 175 Å². The number of likely N-dealkylation sites (tertiary alicyclic amines) is 2. The van der Waals surface area contributed by atoms with Gasteiger partial charge in [0.05, 0.1) is 6.54 Å². The maximum Gasteiger partial charge on any atom is 0.326 e. The van der Waals surface area contributed by atoms with E-state index in [1.165, 1.54) is 21.6 Å². The van der Waals surface area contributed by atoms with Crippen molar-refractivity contribution in [3.63, 3.8) is 0 Å².